The largest absolute Gasteiger partial charge is 0.504 e. The van der Waals surface area contributed by atoms with E-state index in [9.17, 15) is 32.7 Å². The number of hydrogen-bond acceptors (Lipinski definition) is 10. The van der Waals surface area contributed by atoms with E-state index in [0.29, 0.717) is 16.6 Å². The van der Waals surface area contributed by atoms with Crippen LogP contribution in [0.2, 0.25) is 5.02 Å². The first-order chi connectivity index (χ1) is 25.2. The van der Waals surface area contributed by atoms with Gasteiger partial charge in [-0.2, -0.15) is 22.7 Å². The normalized spacial score (nSPS) is 13.9. The highest BCUT2D eigenvalue weighted by atomic mass is 35.5. The monoisotopic (exact) mass is 752 g/mol. The summed E-state index contributed by atoms with van der Waals surface area (Å²) in [5.74, 6) is -1.21. The number of fused-ring (bicyclic) bond motifs is 2. The molecule has 1 saturated heterocycles. The standard InChI is InChI=1S/C34H29ClF3N9O4S/c1-3-24-28(44-9-11-45(12-10-44)31(50)27-29(49)18(2)39-17-40-27)32(51)47-33(42-30(43-47)20-4-7-25-19(14-20)8-13-52-25)46(24)16-26(48)41-23-6-5-21(15-22(23)35)34(36,37)38/h4-8,13-15,17,49H,3,9-12,16H2,1-2H3,(H,41,48)/i13D. The number of thiophene rings is 1. The number of aromatic hydroxyl groups is 1. The smallest absolute Gasteiger partial charge is 0.416 e. The maximum Gasteiger partial charge on any atom is 0.416 e. The van der Waals surface area contributed by atoms with Gasteiger partial charge in [-0.15, -0.1) is 16.4 Å². The maximum atomic E-state index is 14.3. The van der Waals surface area contributed by atoms with Crippen LogP contribution in [0.5, 0.6) is 5.75 Å². The van der Waals surface area contributed by atoms with Gasteiger partial charge in [-0.1, -0.05) is 18.5 Å². The van der Waals surface area contributed by atoms with Gasteiger partial charge in [0.05, 0.1) is 29.0 Å². The van der Waals surface area contributed by atoms with Gasteiger partial charge in [0, 0.05) is 36.4 Å². The van der Waals surface area contributed by atoms with Crippen LogP contribution >= 0.6 is 22.9 Å². The lowest BCUT2D eigenvalue weighted by atomic mass is 10.1. The molecule has 1 aliphatic rings. The molecule has 1 aliphatic heterocycles. The summed E-state index contributed by atoms with van der Waals surface area (Å²) in [5, 5.41) is 18.4. The quantitative estimate of drug-likeness (QED) is 0.218. The third-order valence-electron chi connectivity index (χ3n) is 8.77. The van der Waals surface area contributed by atoms with Crippen LogP contribution in [0.25, 0.3) is 27.3 Å². The average Bonchev–Trinajstić information content (AvgIpc) is 3.74. The lowest BCUT2D eigenvalue weighted by Crippen LogP contribution is -2.51. The maximum absolute atomic E-state index is 14.3. The van der Waals surface area contributed by atoms with Crippen LogP contribution in [-0.4, -0.2) is 77.1 Å². The average molecular weight is 753 g/mol. The lowest BCUT2D eigenvalue weighted by Gasteiger charge is -2.36. The zero-order valence-electron chi connectivity index (χ0n) is 28.5. The molecule has 0 spiro atoms. The van der Waals surface area contributed by atoms with Crippen molar-refractivity contribution in [1.82, 2.24) is 34.0 Å². The van der Waals surface area contributed by atoms with Gasteiger partial charge in [0.25, 0.3) is 11.5 Å². The molecule has 268 valence electrons. The molecule has 0 radical (unpaired) electrons. The van der Waals surface area contributed by atoms with Crippen LogP contribution in [0, 0.1) is 6.92 Å². The van der Waals surface area contributed by atoms with Gasteiger partial charge < -0.3 is 24.8 Å². The van der Waals surface area contributed by atoms with Crippen LogP contribution < -0.4 is 15.8 Å². The first-order valence-electron chi connectivity index (χ1n) is 16.5. The van der Waals surface area contributed by atoms with Crippen molar-refractivity contribution in [3.05, 3.63) is 92.2 Å². The first-order valence-corrected chi connectivity index (χ1v) is 17.2. The number of benzene rings is 2. The third-order valence-corrected chi connectivity index (χ3v) is 9.92. The molecule has 0 unspecified atom stereocenters. The molecule has 6 aromatic rings. The zero-order valence-corrected chi connectivity index (χ0v) is 29.1. The number of carbonyl (C=O) groups is 2. The SMILES string of the molecule is [2H]c1cc2cc(-c3nc4n(CC(=O)Nc5ccc(C(F)(F)F)cc5Cl)c(CC)c(N5CCN(C(=O)c6ncnc(C)c6O)CC5)c(=O)n4n3)ccc2s1. The number of amides is 2. The van der Waals surface area contributed by atoms with Crippen molar-refractivity contribution in [2.45, 2.75) is 33.0 Å². The third kappa shape index (κ3) is 6.41. The topological polar surface area (TPSA) is 151 Å². The Balaban J connectivity index is 1.27. The number of carbonyl (C=O) groups excluding carboxylic acids is 2. The summed E-state index contributed by atoms with van der Waals surface area (Å²) in [6, 6.07) is 9.72. The number of alkyl halides is 3. The Morgan fingerprint density at radius 1 is 1.10 bits per heavy atom. The minimum atomic E-state index is -4.63. The second kappa shape index (κ2) is 13.5. The van der Waals surface area contributed by atoms with E-state index in [2.05, 4.69) is 25.4 Å². The summed E-state index contributed by atoms with van der Waals surface area (Å²) in [5.41, 5.74) is -0.141. The molecule has 5 heterocycles. The van der Waals surface area contributed by atoms with E-state index in [4.69, 9.17) is 13.0 Å². The van der Waals surface area contributed by atoms with E-state index in [1.165, 1.54) is 27.1 Å². The minimum Gasteiger partial charge on any atom is -0.504 e. The Hall–Kier alpha value is -5.55. The molecule has 0 atom stereocenters. The number of rotatable bonds is 7. The van der Waals surface area contributed by atoms with E-state index in [0.717, 1.165) is 32.8 Å². The minimum absolute atomic E-state index is 0.0364. The number of halogens is 4. The number of piperazine rings is 1. The van der Waals surface area contributed by atoms with Crippen molar-refractivity contribution < 1.29 is 29.2 Å². The second-order valence-electron chi connectivity index (χ2n) is 12.0. The molecule has 0 bridgehead atoms. The van der Waals surface area contributed by atoms with Crippen LogP contribution in [0.3, 0.4) is 0 Å². The summed E-state index contributed by atoms with van der Waals surface area (Å²) in [6.45, 7) is 3.72. The Labute approximate surface area is 303 Å². The molecule has 1 fully saturated rings. The van der Waals surface area contributed by atoms with Gasteiger partial charge in [0.15, 0.2) is 17.3 Å². The Bertz CT molecular complexity index is 2500. The number of aromatic nitrogens is 6. The summed E-state index contributed by atoms with van der Waals surface area (Å²) in [6.07, 6.45) is -3.17. The number of hydrogen-bond donors (Lipinski definition) is 2. The van der Waals surface area contributed by atoms with E-state index >= 15 is 0 Å². The van der Waals surface area contributed by atoms with Gasteiger partial charge >= 0.3 is 6.18 Å². The van der Waals surface area contributed by atoms with E-state index < -0.39 is 35.7 Å². The predicted octanol–water partition coefficient (Wildman–Crippen LogP) is 5.41. The molecule has 2 N–H and O–H groups in total. The van der Waals surface area contributed by atoms with Crippen LogP contribution in [-0.2, 0) is 23.9 Å². The van der Waals surface area contributed by atoms with Gasteiger partial charge in [0.1, 0.15) is 18.6 Å². The van der Waals surface area contributed by atoms with Crippen LogP contribution in [0.15, 0.2) is 58.9 Å². The van der Waals surface area contributed by atoms with Gasteiger partial charge in [-0.25, -0.2) is 9.97 Å². The highest BCUT2D eigenvalue weighted by Gasteiger charge is 2.32. The highest BCUT2D eigenvalue weighted by molar-refractivity contribution is 7.17. The van der Waals surface area contributed by atoms with Crippen molar-refractivity contribution in [2.75, 3.05) is 36.4 Å². The van der Waals surface area contributed by atoms with Crippen LogP contribution in [0.4, 0.5) is 24.5 Å². The molecular formula is C34H29ClF3N9O4S. The molecule has 2 amide bonds. The van der Waals surface area contributed by atoms with Crippen molar-refractivity contribution in [3.63, 3.8) is 0 Å². The van der Waals surface area contributed by atoms with E-state index in [1.807, 2.05) is 12.1 Å². The van der Waals surface area contributed by atoms with E-state index in [-0.39, 0.29) is 77.7 Å². The van der Waals surface area contributed by atoms with Gasteiger partial charge in [0.2, 0.25) is 11.7 Å². The van der Waals surface area contributed by atoms with Crippen molar-refractivity contribution in [1.29, 1.82) is 0 Å². The molecule has 18 heteroatoms. The van der Waals surface area contributed by atoms with Gasteiger partial charge in [-0.05, 0) is 66.6 Å². The Morgan fingerprint density at radius 3 is 2.58 bits per heavy atom. The fourth-order valence-electron chi connectivity index (χ4n) is 6.13. The molecule has 52 heavy (non-hydrogen) atoms. The number of nitrogens with zero attached hydrogens (tertiary/aromatic N) is 8. The molecule has 7 rings (SSSR count). The summed E-state index contributed by atoms with van der Waals surface area (Å²) in [7, 11) is 0. The predicted molar refractivity (Wildman–Crippen MR) is 189 cm³/mol. The molecule has 0 aliphatic carbocycles. The van der Waals surface area contributed by atoms with Crippen molar-refractivity contribution in [3.8, 4) is 17.1 Å². The molecule has 0 saturated carbocycles. The zero-order chi connectivity index (χ0) is 37.8. The van der Waals surface area contributed by atoms with Crippen LogP contribution in [0.1, 0.15) is 35.7 Å². The van der Waals surface area contributed by atoms with E-state index in [1.54, 1.807) is 30.9 Å². The second-order valence-corrected chi connectivity index (χ2v) is 13.3. The molecule has 4 aromatic heterocycles. The molecule has 2 aromatic carbocycles. The van der Waals surface area contributed by atoms with Crippen molar-refractivity contribution >= 4 is 62.0 Å². The summed E-state index contributed by atoms with van der Waals surface area (Å²) >= 11 is 7.44. The molecule has 13 nitrogen and oxygen atoms in total. The number of aryl methyl sites for hydroxylation is 1. The number of nitrogens with one attached hydrogen (secondary N) is 1. The Morgan fingerprint density at radius 2 is 1.87 bits per heavy atom. The van der Waals surface area contributed by atoms with Gasteiger partial charge in [-0.3, -0.25) is 14.4 Å². The fourth-order valence-corrected chi connectivity index (χ4v) is 7.05. The fraction of sp³-hybridized carbons (Fsp3) is 0.265. The molecular weight excluding hydrogens is 723 g/mol. The highest BCUT2D eigenvalue weighted by Crippen LogP contribution is 2.34. The Kier molecular flexibility index (Phi) is 8.74. The summed E-state index contributed by atoms with van der Waals surface area (Å²) < 4.78 is 51.3. The van der Waals surface area contributed by atoms with Crippen molar-refractivity contribution in [2.24, 2.45) is 0 Å². The summed E-state index contributed by atoms with van der Waals surface area (Å²) in [4.78, 5) is 57.0. The first kappa shape index (κ1) is 33.6. The number of anilines is 2. The lowest BCUT2D eigenvalue weighted by molar-refractivity contribution is -0.137.